The smallest absolute Gasteiger partial charge is 0.335 e. The van der Waals surface area contributed by atoms with E-state index in [1.54, 1.807) is 37.4 Å². The number of nitrogens with one attached hydrogen (secondary N) is 1. The average molecular weight is 385 g/mol. The molecule has 0 radical (unpaired) electrons. The summed E-state index contributed by atoms with van der Waals surface area (Å²) in [6, 6.07) is 11.4. The van der Waals surface area contributed by atoms with E-state index in [1.807, 2.05) is 0 Å². The number of rotatable bonds is 10. The molecule has 0 unspecified atom stereocenters. The first kappa shape index (κ1) is 21.1. The van der Waals surface area contributed by atoms with Gasteiger partial charge in [0.2, 0.25) is 5.91 Å². The Morgan fingerprint density at radius 1 is 0.964 bits per heavy atom. The SMILES string of the molecule is COCc1cc(NC(=O)CCCC(=O)c2ccc(OC)cc2)cc(C(=O)O)c1. The van der Waals surface area contributed by atoms with Crippen LogP contribution in [0.5, 0.6) is 5.75 Å². The maximum Gasteiger partial charge on any atom is 0.335 e. The average Bonchev–Trinajstić information content (AvgIpc) is 2.68. The Kier molecular flexibility index (Phi) is 7.71. The van der Waals surface area contributed by atoms with Crippen molar-refractivity contribution in [3.05, 3.63) is 59.2 Å². The van der Waals surface area contributed by atoms with Crippen molar-refractivity contribution in [2.45, 2.75) is 25.9 Å². The zero-order valence-electron chi connectivity index (χ0n) is 15.9. The molecule has 7 nitrogen and oxygen atoms in total. The predicted octanol–water partition coefficient (Wildman–Crippen LogP) is 3.53. The fourth-order valence-corrected chi connectivity index (χ4v) is 2.69. The third-order valence-corrected chi connectivity index (χ3v) is 4.05. The molecule has 28 heavy (non-hydrogen) atoms. The molecule has 1 amide bonds. The Balaban J connectivity index is 1.89. The number of benzene rings is 2. The first-order chi connectivity index (χ1) is 13.4. The summed E-state index contributed by atoms with van der Waals surface area (Å²) in [5.41, 5.74) is 1.67. The lowest BCUT2D eigenvalue weighted by Crippen LogP contribution is -2.13. The largest absolute Gasteiger partial charge is 0.497 e. The monoisotopic (exact) mass is 385 g/mol. The van der Waals surface area contributed by atoms with Gasteiger partial charge in [0.1, 0.15) is 5.75 Å². The Morgan fingerprint density at radius 2 is 1.68 bits per heavy atom. The van der Waals surface area contributed by atoms with Gasteiger partial charge in [0.25, 0.3) is 0 Å². The number of carboxylic acids is 1. The Morgan fingerprint density at radius 3 is 2.29 bits per heavy atom. The number of Topliss-reactive ketones (excluding diaryl/α,β-unsaturated/α-hetero) is 1. The highest BCUT2D eigenvalue weighted by Crippen LogP contribution is 2.17. The van der Waals surface area contributed by atoms with Gasteiger partial charge in [-0.3, -0.25) is 9.59 Å². The van der Waals surface area contributed by atoms with Crippen molar-refractivity contribution in [3.63, 3.8) is 0 Å². The summed E-state index contributed by atoms with van der Waals surface area (Å²) in [6.07, 6.45) is 0.781. The van der Waals surface area contributed by atoms with Crippen LogP contribution in [0.15, 0.2) is 42.5 Å². The van der Waals surface area contributed by atoms with Gasteiger partial charge < -0.3 is 19.9 Å². The third kappa shape index (κ3) is 6.21. The van der Waals surface area contributed by atoms with E-state index in [0.29, 0.717) is 29.0 Å². The molecule has 0 saturated carbocycles. The fourth-order valence-electron chi connectivity index (χ4n) is 2.69. The molecule has 2 aromatic carbocycles. The summed E-state index contributed by atoms with van der Waals surface area (Å²) in [5, 5.41) is 11.9. The van der Waals surface area contributed by atoms with Crippen LogP contribution >= 0.6 is 0 Å². The van der Waals surface area contributed by atoms with E-state index in [4.69, 9.17) is 9.47 Å². The minimum atomic E-state index is -1.08. The van der Waals surface area contributed by atoms with Gasteiger partial charge >= 0.3 is 5.97 Å². The first-order valence-corrected chi connectivity index (χ1v) is 8.76. The molecular weight excluding hydrogens is 362 g/mol. The predicted molar refractivity (Wildman–Crippen MR) is 104 cm³/mol. The molecule has 0 aliphatic heterocycles. The molecule has 0 aliphatic carbocycles. The second-order valence-electron chi connectivity index (χ2n) is 6.21. The van der Waals surface area contributed by atoms with E-state index in [0.717, 1.165) is 0 Å². The molecule has 2 aromatic rings. The number of aromatic carboxylic acids is 1. The minimum Gasteiger partial charge on any atom is -0.497 e. The summed E-state index contributed by atoms with van der Waals surface area (Å²) in [7, 11) is 3.06. The van der Waals surface area contributed by atoms with Gasteiger partial charge in [0, 0.05) is 31.2 Å². The van der Waals surface area contributed by atoms with E-state index >= 15 is 0 Å². The standard InChI is InChI=1S/C21H23NO6/c1-27-13-14-10-16(21(25)26)12-17(11-14)22-20(24)5-3-4-19(23)15-6-8-18(28-2)9-7-15/h6-12H,3-5,13H2,1-2H3,(H,22,24)(H,25,26). The molecule has 0 bridgehead atoms. The number of hydrogen-bond acceptors (Lipinski definition) is 5. The summed E-state index contributed by atoms with van der Waals surface area (Å²) in [6.45, 7) is 0.236. The number of carboxylic acid groups (broad SMARTS) is 1. The topological polar surface area (TPSA) is 102 Å². The van der Waals surface area contributed by atoms with E-state index in [9.17, 15) is 19.5 Å². The van der Waals surface area contributed by atoms with Gasteiger partial charge in [-0.15, -0.1) is 0 Å². The molecule has 2 rings (SSSR count). The molecule has 0 aliphatic rings. The van der Waals surface area contributed by atoms with Gasteiger partial charge in [0.15, 0.2) is 5.78 Å². The number of amides is 1. The summed E-state index contributed by atoms with van der Waals surface area (Å²) < 4.78 is 10.1. The van der Waals surface area contributed by atoms with Crippen LogP contribution in [0, 0.1) is 0 Å². The number of carbonyl (C=O) groups is 3. The van der Waals surface area contributed by atoms with E-state index in [1.165, 1.54) is 19.2 Å². The van der Waals surface area contributed by atoms with Crippen LogP contribution in [-0.2, 0) is 16.1 Å². The number of hydrogen-bond donors (Lipinski definition) is 2. The van der Waals surface area contributed by atoms with Crippen LogP contribution in [0.2, 0.25) is 0 Å². The molecule has 0 heterocycles. The second kappa shape index (κ2) is 10.2. The van der Waals surface area contributed by atoms with Gasteiger partial charge in [-0.05, 0) is 54.4 Å². The van der Waals surface area contributed by atoms with Crippen molar-refractivity contribution in [1.82, 2.24) is 0 Å². The number of ketones is 1. The molecule has 148 valence electrons. The zero-order valence-corrected chi connectivity index (χ0v) is 15.9. The Bertz CT molecular complexity index is 844. The summed E-state index contributed by atoms with van der Waals surface area (Å²) >= 11 is 0. The number of anilines is 1. The highest BCUT2D eigenvalue weighted by atomic mass is 16.5. The van der Waals surface area contributed by atoms with E-state index < -0.39 is 5.97 Å². The van der Waals surface area contributed by atoms with Gasteiger partial charge in [-0.25, -0.2) is 4.79 Å². The molecule has 0 aromatic heterocycles. The van der Waals surface area contributed by atoms with Crippen molar-refractivity contribution in [3.8, 4) is 5.75 Å². The second-order valence-corrected chi connectivity index (χ2v) is 6.21. The molecule has 0 atom stereocenters. The van der Waals surface area contributed by atoms with Crippen LogP contribution in [0.3, 0.4) is 0 Å². The lowest BCUT2D eigenvalue weighted by atomic mass is 10.0. The van der Waals surface area contributed by atoms with Gasteiger partial charge in [-0.2, -0.15) is 0 Å². The van der Waals surface area contributed by atoms with Gasteiger partial charge in [-0.1, -0.05) is 0 Å². The quantitative estimate of drug-likeness (QED) is 0.607. The van der Waals surface area contributed by atoms with Crippen molar-refractivity contribution in [1.29, 1.82) is 0 Å². The van der Waals surface area contributed by atoms with Crippen LogP contribution < -0.4 is 10.1 Å². The van der Waals surface area contributed by atoms with Crippen molar-refractivity contribution in [2.75, 3.05) is 19.5 Å². The zero-order chi connectivity index (χ0) is 20.5. The highest BCUT2D eigenvalue weighted by molar-refractivity contribution is 5.97. The normalized spacial score (nSPS) is 10.4. The van der Waals surface area contributed by atoms with E-state index in [-0.39, 0.29) is 36.7 Å². The molecule has 0 spiro atoms. The lowest BCUT2D eigenvalue weighted by Gasteiger charge is -2.09. The maximum absolute atomic E-state index is 12.2. The van der Waals surface area contributed by atoms with Crippen molar-refractivity contribution < 1.29 is 29.0 Å². The molecule has 2 N–H and O–H groups in total. The number of ether oxygens (including phenoxy) is 2. The third-order valence-electron chi connectivity index (χ3n) is 4.05. The van der Waals surface area contributed by atoms with E-state index in [2.05, 4.69) is 5.32 Å². The van der Waals surface area contributed by atoms with Crippen LogP contribution in [0.25, 0.3) is 0 Å². The Hall–Kier alpha value is -3.19. The fraction of sp³-hybridized carbons (Fsp3) is 0.286. The molecule has 0 saturated heterocycles. The van der Waals surface area contributed by atoms with Crippen LogP contribution in [0.4, 0.5) is 5.69 Å². The molecule has 7 heteroatoms. The lowest BCUT2D eigenvalue weighted by molar-refractivity contribution is -0.116. The minimum absolute atomic E-state index is 0.0503. The number of methoxy groups -OCH3 is 2. The summed E-state index contributed by atoms with van der Waals surface area (Å²) in [4.78, 5) is 35.5. The van der Waals surface area contributed by atoms with Gasteiger partial charge in [0.05, 0.1) is 19.3 Å². The first-order valence-electron chi connectivity index (χ1n) is 8.76. The van der Waals surface area contributed by atoms with Crippen molar-refractivity contribution in [2.24, 2.45) is 0 Å². The molecule has 0 fully saturated rings. The Labute approximate surface area is 163 Å². The molecular formula is C21H23NO6. The number of carbonyl (C=O) groups excluding carboxylic acids is 2. The summed E-state index contributed by atoms with van der Waals surface area (Å²) in [5.74, 6) is -0.745. The highest BCUT2D eigenvalue weighted by Gasteiger charge is 2.11. The van der Waals surface area contributed by atoms with Crippen LogP contribution in [-0.4, -0.2) is 37.0 Å². The van der Waals surface area contributed by atoms with Crippen LogP contribution in [0.1, 0.15) is 45.5 Å². The maximum atomic E-state index is 12.2. The van der Waals surface area contributed by atoms with Crippen molar-refractivity contribution >= 4 is 23.3 Å².